The molecule has 0 bridgehead atoms. The number of aryl methyl sites for hydroxylation is 1. The highest BCUT2D eigenvalue weighted by Gasteiger charge is 2.22. The quantitative estimate of drug-likeness (QED) is 0.847. The minimum atomic E-state index is -4.19. The van der Waals surface area contributed by atoms with E-state index in [2.05, 4.69) is 9.82 Å². The molecule has 0 atom stereocenters. The molecular weight excluding hydrogens is 302 g/mol. The number of hydrogen-bond donors (Lipinski definition) is 2. The van der Waals surface area contributed by atoms with Crippen molar-refractivity contribution in [3.05, 3.63) is 47.3 Å². The fourth-order valence-corrected chi connectivity index (χ4v) is 2.90. The first-order valence-electron chi connectivity index (χ1n) is 5.98. The van der Waals surface area contributed by atoms with Crippen molar-refractivity contribution < 1.29 is 17.2 Å². The van der Waals surface area contributed by atoms with Gasteiger partial charge in [-0.05, 0) is 17.7 Å². The molecule has 0 spiro atoms. The van der Waals surface area contributed by atoms with Gasteiger partial charge in [-0.2, -0.15) is 5.10 Å². The van der Waals surface area contributed by atoms with Crippen LogP contribution in [0.2, 0.25) is 0 Å². The lowest BCUT2D eigenvalue weighted by Crippen LogP contribution is -2.24. The number of sulfonamides is 1. The fourth-order valence-electron chi connectivity index (χ4n) is 1.75. The lowest BCUT2D eigenvalue weighted by Gasteiger charge is -2.09. The van der Waals surface area contributed by atoms with E-state index >= 15 is 0 Å². The third-order valence-electron chi connectivity index (χ3n) is 2.80. The van der Waals surface area contributed by atoms with Crippen LogP contribution in [0.3, 0.4) is 0 Å². The van der Waals surface area contributed by atoms with Gasteiger partial charge in [0.2, 0.25) is 10.0 Å². The van der Waals surface area contributed by atoms with Crippen molar-refractivity contribution in [1.82, 2.24) is 14.5 Å². The van der Waals surface area contributed by atoms with E-state index in [0.717, 1.165) is 12.1 Å². The van der Waals surface area contributed by atoms with Crippen LogP contribution in [0, 0.1) is 11.6 Å². The van der Waals surface area contributed by atoms with Crippen molar-refractivity contribution in [3.8, 4) is 0 Å². The second-order valence-electron chi connectivity index (χ2n) is 4.44. The lowest BCUT2D eigenvalue weighted by molar-refractivity contribution is 0.481. The van der Waals surface area contributed by atoms with Crippen LogP contribution >= 0.6 is 0 Å². The van der Waals surface area contributed by atoms with E-state index < -0.39 is 26.6 Å². The number of rotatable bonds is 5. The molecule has 1 aromatic carbocycles. The molecule has 2 aromatic rings. The third-order valence-corrected chi connectivity index (χ3v) is 4.20. The van der Waals surface area contributed by atoms with Gasteiger partial charge < -0.3 is 5.73 Å². The van der Waals surface area contributed by atoms with Crippen LogP contribution in [-0.2, 0) is 30.2 Å². The van der Waals surface area contributed by atoms with E-state index in [0.29, 0.717) is 5.56 Å². The molecule has 0 unspecified atom stereocenters. The van der Waals surface area contributed by atoms with E-state index in [9.17, 15) is 17.2 Å². The minimum absolute atomic E-state index is 0.0793. The molecule has 0 radical (unpaired) electrons. The van der Waals surface area contributed by atoms with Crippen LogP contribution in [0.5, 0.6) is 0 Å². The SMILES string of the molecule is Cn1cc(CNS(=O)(=O)c2cc(CN)cc(F)c2F)cn1. The van der Waals surface area contributed by atoms with E-state index in [1.165, 1.54) is 10.9 Å². The van der Waals surface area contributed by atoms with Crippen molar-refractivity contribution in [2.45, 2.75) is 18.0 Å². The van der Waals surface area contributed by atoms with Gasteiger partial charge in [0.25, 0.3) is 0 Å². The highest BCUT2D eigenvalue weighted by atomic mass is 32.2. The standard InChI is InChI=1S/C12H14F2N4O2S/c1-18-7-9(5-16-18)6-17-21(19,20)11-3-8(4-15)2-10(13)12(11)14/h2-3,5,7,17H,4,6,15H2,1H3. The van der Waals surface area contributed by atoms with Gasteiger partial charge in [-0.25, -0.2) is 21.9 Å². The van der Waals surface area contributed by atoms with Gasteiger partial charge >= 0.3 is 0 Å². The Bertz CT molecular complexity index is 759. The molecule has 9 heteroatoms. The number of hydrogen-bond acceptors (Lipinski definition) is 4. The van der Waals surface area contributed by atoms with Crippen LogP contribution in [-0.4, -0.2) is 18.2 Å². The highest BCUT2D eigenvalue weighted by Crippen LogP contribution is 2.20. The van der Waals surface area contributed by atoms with Gasteiger partial charge in [0, 0.05) is 31.9 Å². The van der Waals surface area contributed by atoms with Crippen LogP contribution < -0.4 is 10.5 Å². The van der Waals surface area contributed by atoms with E-state index in [1.54, 1.807) is 13.2 Å². The zero-order chi connectivity index (χ0) is 15.6. The van der Waals surface area contributed by atoms with Gasteiger partial charge in [0.05, 0.1) is 6.20 Å². The van der Waals surface area contributed by atoms with Crippen LogP contribution in [0.1, 0.15) is 11.1 Å². The molecule has 21 heavy (non-hydrogen) atoms. The smallest absolute Gasteiger partial charge is 0.243 e. The maximum absolute atomic E-state index is 13.7. The average molecular weight is 316 g/mol. The summed E-state index contributed by atoms with van der Waals surface area (Å²) in [4.78, 5) is -0.758. The predicted molar refractivity (Wildman–Crippen MR) is 71.5 cm³/mol. The molecule has 0 fully saturated rings. The third kappa shape index (κ3) is 3.43. The summed E-state index contributed by atoms with van der Waals surface area (Å²) in [6.45, 7) is -0.174. The molecule has 0 aliphatic heterocycles. The van der Waals surface area contributed by atoms with Crippen LogP contribution in [0.4, 0.5) is 8.78 Å². The molecule has 0 aliphatic carbocycles. The first-order chi connectivity index (χ1) is 9.83. The molecule has 114 valence electrons. The normalized spacial score (nSPS) is 11.8. The van der Waals surface area contributed by atoms with Crippen molar-refractivity contribution >= 4 is 10.0 Å². The average Bonchev–Trinajstić information content (AvgIpc) is 2.85. The molecule has 2 rings (SSSR count). The number of halogens is 2. The zero-order valence-corrected chi connectivity index (χ0v) is 12.0. The van der Waals surface area contributed by atoms with E-state index in [1.807, 2.05) is 0 Å². The first-order valence-corrected chi connectivity index (χ1v) is 7.47. The largest absolute Gasteiger partial charge is 0.326 e. The van der Waals surface area contributed by atoms with Crippen molar-refractivity contribution in [2.24, 2.45) is 12.8 Å². The molecular formula is C12H14F2N4O2S. The fraction of sp³-hybridized carbons (Fsp3) is 0.250. The monoisotopic (exact) mass is 316 g/mol. The Labute approximate surface area is 120 Å². The van der Waals surface area contributed by atoms with Crippen molar-refractivity contribution in [3.63, 3.8) is 0 Å². The molecule has 0 saturated heterocycles. The minimum Gasteiger partial charge on any atom is -0.326 e. The van der Waals surface area contributed by atoms with Crippen molar-refractivity contribution in [1.29, 1.82) is 0 Å². The summed E-state index contributed by atoms with van der Waals surface area (Å²) in [6, 6.07) is 1.89. The Kier molecular flexibility index (Phi) is 4.35. The lowest BCUT2D eigenvalue weighted by atomic mass is 10.2. The Balaban J connectivity index is 2.29. The molecule has 3 N–H and O–H groups in total. The summed E-state index contributed by atoms with van der Waals surface area (Å²) in [5.74, 6) is -2.68. The summed E-state index contributed by atoms with van der Waals surface area (Å²) in [7, 11) is -2.51. The maximum atomic E-state index is 13.7. The van der Waals surface area contributed by atoms with Gasteiger partial charge in [0.15, 0.2) is 11.6 Å². The molecule has 0 amide bonds. The molecule has 0 saturated carbocycles. The summed E-state index contributed by atoms with van der Waals surface area (Å²) >= 11 is 0. The predicted octanol–water partition coefficient (Wildman–Crippen LogP) is 0.635. The first kappa shape index (κ1) is 15.5. The van der Waals surface area contributed by atoms with Crippen LogP contribution in [0.25, 0.3) is 0 Å². The highest BCUT2D eigenvalue weighted by molar-refractivity contribution is 7.89. The number of aromatic nitrogens is 2. The summed E-state index contributed by atoms with van der Waals surface area (Å²) < 4.78 is 54.9. The second kappa shape index (κ2) is 5.88. The van der Waals surface area contributed by atoms with Crippen LogP contribution in [0.15, 0.2) is 29.4 Å². The number of nitrogens with zero attached hydrogens (tertiary/aromatic N) is 2. The van der Waals surface area contributed by atoms with Crippen molar-refractivity contribution in [2.75, 3.05) is 0 Å². The molecule has 1 heterocycles. The maximum Gasteiger partial charge on any atom is 0.243 e. The molecule has 6 nitrogen and oxygen atoms in total. The topological polar surface area (TPSA) is 90.0 Å². The van der Waals surface area contributed by atoms with Gasteiger partial charge in [-0.3, -0.25) is 4.68 Å². The number of nitrogens with one attached hydrogen (secondary N) is 1. The number of nitrogens with two attached hydrogens (primary N) is 1. The molecule has 1 aromatic heterocycles. The Hall–Kier alpha value is -1.84. The summed E-state index contributed by atoms with van der Waals surface area (Å²) in [5, 5.41) is 3.88. The van der Waals surface area contributed by atoms with Gasteiger partial charge in [-0.15, -0.1) is 0 Å². The van der Waals surface area contributed by atoms with Gasteiger partial charge in [0.1, 0.15) is 4.90 Å². The zero-order valence-electron chi connectivity index (χ0n) is 11.2. The van der Waals surface area contributed by atoms with E-state index in [4.69, 9.17) is 5.73 Å². The Morgan fingerprint density at radius 1 is 1.33 bits per heavy atom. The summed E-state index contributed by atoms with van der Waals surface area (Å²) in [5.41, 5.74) is 6.12. The Morgan fingerprint density at radius 3 is 2.62 bits per heavy atom. The van der Waals surface area contributed by atoms with E-state index in [-0.39, 0.29) is 18.7 Å². The molecule has 0 aliphatic rings. The number of benzene rings is 1. The van der Waals surface area contributed by atoms with Gasteiger partial charge in [-0.1, -0.05) is 0 Å². The summed E-state index contributed by atoms with van der Waals surface area (Å²) in [6.07, 6.45) is 3.07. The second-order valence-corrected chi connectivity index (χ2v) is 6.18. The Morgan fingerprint density at radius 2 is 2.05 bits per heavy atom.